The first-order valence-electron chi connectivity index (χ1n) is 9.81. The largest absolute Gasteiger partial charge is 0.338 e. The predicted molar refractivity (Wildman–Crippen MR) is 108 cm³/mol. The van der Waals surface area contributed by atoms with E-state index < -0.39 is 0 Å². The number of carbonyl (C=O) groups excluding carboxylic acids is 2. The molecule has 28 heavy (non-hydrogen) atoms. The number of amides is 2. The van der Waals surface area contributed by atoms with E-state index in [0.29, 0.717) is 29.3 Å². The summed E-state index contributed by atoms with van der Waals surface area (Å²) < 4.78 is 0. The molecule has 0 saturated carbocycles. The van der Waals surface area contributed by atoms with Gasteiger partial charge in [0.25, 0.3) is 5.91 Å². The summed E-state index contributed by atoms with van der Waals surface area (Å²) in [7, 11) is 2.20. The summed E-state index contributed by atoms with van der Waals surface area (Å²) in [6.45, 7) is 4.00. The van der Waals surface area contributed by atoms with E-state index in [1.807, 2.05) is 11.0 Å². The van der Waals surface area contributed by atoms with Gasteiger partial charge in [-0.15, -0.1) is 0 Å². The maximum Gasteiger partial charge on any atom is 0.255 e. The van der Waals surface area contributed by atoms with Crippen molar-refractivity contribution in [1.29, 1.82) is 0 Å². The first-order valence-corrected chi connectivity index (χ1v) is 9.81. The van der Waals surface area contributed by atoms with E-state index in [-0.39, 0.29) is 11.8 Å². The molecule has 2 saturated heterocycles. The maximum atomic E-state index is 13.0. The fraction of sp³-hybridized carbons (Fsp3) is 0.409. The molecule has 3 atom stereocenters. The molecule has 0 unspecified atom stereocenters. The van der Waals surface area contributed by atoms with Crippen LogP contribution in [0.1, 0.15) is 35.2 Å². The summed E-state index contributed by atoms with van der Waals surface area (Å²) in [5.41, 5.74) is 1.92. The lowest BCUT2D eigenvalue weighted by molar-refractivity contribution is -0.114. The van der Waals surface area contributed by atoms with Crippen LogP contribution >= 0.6 is 0 Å². The van der Waals surface area contributed by atoms with E-state index in [2.05, 4.69) is 46.5 Å². The Kier molecular flexibility index (Phi) is 5.13. The average Bonchev–Trinajstić information content (AvgIpc) is 3.04. The summed E-state index contributed by atoms with van der Waals surface area (Å²) in [4.78, 5) is 32.8. The van der Waals surface area contributed by atoms with Crippen LogP contribution in [0.2, 0.25) is 0 Å². The van der Waals surface area contributed by atoms with Gasteiger partial charge in [-0.25, -0.2) is 4.98 Å². The van der Waals surface area contributed by atoms with Gasteiger partial charge in [0, 0.05) is 50.6 Å². The quantitative estimate of drug-likeness (QED) is 0.892. The molecule has 6 heteroatoms. The number of fused-ring (bicyclic) bond motifs is 1. The van der Waals surface area contributed by atoms with Gasteiger partial charge < -0.3 is 15.1 Å². The molecule has 1 aromatic carbocycles. The summed E-state index contributed by atoms with van der Waals surface area (Å²) in [6.07, 6.45) is 2.54. The van der Waals surface area contributed by atoms with Crippen LogP contribution in [0, 0.1) is 5.92 Å². The van der Waals surface area contributed by atoms with Crippen molar-refractivity contribution in [3.63, 3.8) is 0 Å². The van der Waals surface area contributed by atoms with Crippen LogP contribution in [0.4, 0.5) is 5.82 Å². The Morgan fingerprint density at radius 3 is 2.57 bits per heavy atom. The summed E-state index contributed by atoms with van der Waals surface area (Å²) in [5.74, 6) is 1.20. The lowest BCUT2D eigenvalue weighted by Gasteiger charge is -2.38. The number of likely N-dealkylation sites (tertiary alicyclic amines) is 2. The number of nitrogens with one attached hydrogen (secondary N) is 1. The molecule has 2 aliphatic heterocycles. The van der Waals surface area contributed by atoms with Crippen molar-refractivity contribution in [1.82, 2.24) is 14.8 Å². The second-order valence-electron chi connectivity index (χ2n) is 7.84. The monoisotopic (exact) mass is 378 g/mol. The van der Waals surface area contributed by atoms with Crippen molar-refractivity contribution in [3.8, 4) is 0 Å². The number of hydrogen-bond acceptors (Lipinski definition) is 4. The van der Waals surface area contributed by atoms with E-state index in [9.17, 15) is 9.59 Å². The molecule has 2 aromatic rings. The Morgan fingerprint density at radius 1 is 1.11 bits per heavy atom. The summed E-state index contributed by atoms with van der Waals surface area (Å²) in [6, 6.07) is 14.6. The van der Waals surface area contributed by atoms with E-state index in [4.69, 9.17) is 0 Å². The molecule has 2 fully saturated rings. The van der Waals surface area contributed by atoms with Crippen LogP contribution in [-0.4, -0.2) is 59.3 Å². The molecule has 1 aromatic heterocycles. The fourth-order valence-corrected chi connectivity index (χ4v) is 4.69. The van der Waals surface area contributed by atoms with Crippen LogP contribution in [0.3, 0.4) is 0 Å². The van der Waals surface area contributed by atoms with E-state index in [1.165, 1.54) is 12.5 Å². The zero-order chi connectivity index (χ0) is 19.7. The van der Waals surface area contributed by atoms with Crippen LogP contribution in [-0.2, 0) is 4.79 Å². The van der Waals surface area contributed by atoms with Crippen LogP contribution in [0.25, 0.3) is 0 Å². The van der Waals surface area contributed by atoms with Crippen molar-refractivity contribution >= 4 is 17.6 Å². The van der Waals surface area contributed by atoms with Gasteiger partial charge >= 0.3 is 0 Å². The average molecular weight is 378 g/mol. The standard InChI is InChI=1S/C22H26N4O2/c1-15(27)24-21-9-8-17(12-23-21)22(28)26-11-10-20-19(14-26)18(13-25(20)2)16-6-4-3-5-7-16/h3-9,12,18-20H,10-11,13-14H2,1-2H3,(H,23,24,27)/t18-,19-,20-/m1/s1. The number of piperidine rings is 1. The second-order valence-corrected chi connectivity index (χ2v) is 7.84. The molecule has 0 radical (unpaired) electrons. The number of carbonyl (C=O) groups is 2. The number of pyridine rings is 1. The molecular formula is C22H26N4O2. The number of benzene rings is 1. The molecule has 0 bridgehead atoms. The van der Waals surface area contributed by atoms with Crippen molar-refractivity contribution in [2.75, 3.05) is 32.0 Å². The molecular weight excluding hydrogens is 352 g/mol. The Labute approximate surface area is 165 Å². The van der Waals surface area contributed by atoms with Gasteiger partial charge in [-0.1, -0.05) is 30.3 Å². The van der Waals surface area contributed by atoms with Crippen molar-refractivity contribution < 1.29 is 9.59 Å². The zero-order valence-electron chi connectivity index (χ0n) is 16.3. The number of aromatic nitrogens is 1. The first-order chi connectivity index (χ1) is 13.5. The van der Waals surface area contributed by atoms with Gasteiger partial charge in [-0.05, 0) is 31.2 Å². The Bertz CT molecular complexity index is 853. The Hall–Kier alpha value is -2.73. The second kappa shape index (κ2) is 7.72. The molecule has 0 aliphatic carbocycles. The van der Waals surface area contributed by atoms with Crippen molar-refractivity contribution in [3.05, 3.63) is 59.8 Å². The molecule has 6 nitrogen and oxygen atoms in total. The summed E-state index contributed by atoms with van der Waals surface area (Å²) in [5, 5.41) is 2.63. The minimum Gasteiger partial charge on any atom is -0.338 e. The molecule has 146 valence electrons. The SMILES string of the molecule is CC(=O)Nc1ccc(C(=O)N2CC[C@@H]3[C@H](C2)[C@@H](c2ccccc2)CN3C)cn1. The summed E-state index contributed by atoms with van der Waals surface area (Å²) >= 11 is 0. The molecule has 2 amide bonds. The lowest BCUT2D eigenvalue weighted by atomic mass is 9.81. The molecule has 0 spiro atoms. The van der Waals surface area contributed by atoms with Crippen LogP contribution in [0.5, 0.6) is 0 Å². The van der Waals surface area contributed by atoms with Crippen LogP contribution < -0.4 is 5.32 Å². The van der Waals surface area contributed by atoms with E-state index in [1.54, 1.807) is 18.3 Å². The van der Waals surface area contributed by atoms with Gasteiger partial charge in [-0.3, -0.25) is 9.59 Å². The van der Waals surface area contributed by atoms with Gasteiger partial charge in [-0.2, -0.15) is 0 Å². The molecule has 2 aliphatic rings. The predicted octanol–water partition coefficient (Wildman–Crippen LogP) is 2.60. The minimum atomic E-state index is -0.175. The minimum absolute atomic E-state index is 0.0155. The molecule has 1 N–H and O–H groups in total. The third-order valence-electron chi connectivity index (χ3n) is 6.02. The maximum absolute atomic E-state index is 13.0. The van der Waals surface area contributed by atoms with Crippen molar-refractivity contribution in [2.24, 2.45) is 5.92 Å². The highest BCUT2D eigenvalue weighted by atomic mass is 16.2. The topological polar surface area (TPSA) is 65.5 Å². The first kappa shape index (κ1) is 18.6. The van der Waals surface area contributed by atoms with E-state index >= 15 is 0 Å². The molecule has 4 rings (SSSR count). The van der Waals surface area contributed by atoms with Gasteiger partial charge in [0.2, 0.25) is 5.91 Å². The number of nitrogens with zero attached hydrogens (tertiary/aromatic N) is 3. The third-order valence-corrected chi connectivity index (χ3v) is 6.02. The lowest BCUT2D eigenvalue weighted by Crippen LogP contribution is -2.48. The Balaban J connectivity index is 1.49. The van der Waals surface area contributed by atoms with Gasteiger partial charge in [0.05, 0.1) is 5.56 Å². The van der Waals surface area contributed by atoms with Gasteiger partial charge in [0.15, 0.2) is 0 Å². The highest BCUT2D eigenvalue weighted by molar-refractivity contribution is 5.94. The highest BCUT2D eigenvalue weighted by Crippen LogP contribution is 2.40. The zero-order valence-corrected chi connectivity index (χ0v) is 16.3. The highest BCUT2D eigenvalue weighted by Gasteiger charge is 2.44. The van der Waals surface area contributed by atoms with Crippen molar-refractivity contribution in [2.45, 2.75) is 25.3 Å². The number of likely N-dealkylation sites (N-methyl/N-ethyl adjacent to an activating group) is 1. The number of rotatable bonds is 3. The van der Waals surface area contributed by atoms with Crippen LogP contribution in [0.15, 0.2) is 48.7 Å². The number of hydrogen-bond donors (Lipinski definition) is 1. The Morgan fingerprint density at radius 2 is 1.89 bits per heavy atom. The normalized spacial score (nSPS) is 24.6. The molecule has 3 heterocycles. The van der Waals surface area contributed by atoms with Gasteiger partial charge in [0.1, 0.15) is 5.82 Å². The fourth-order valence-electron chi connectivity index (χ4n) is 4.69. The smallest absolute Gasteiger partial charge is 0.255 e. The third kappa shape index (κ3) is 3.64. The van der Waals surface area contributed by atoms with E-state index in [0.717, 1.165) is 26.1 Å². The number of anilines is 1.